The average Bonchev–Trinajstić information content (AvgIpc) is 0.785. The van der Waals surface area contributed by atoms with E-state index in [9.17, 15) is 64.0 Å². The Kier molecular flexibility index (Phi) is 25.7. The lowest BCUT2D eigenvalue weighted by molar-refractivity contribution is -0.384. The summed E-state index contributed by atoms with van der Waals surface area (Å²) in [5, 5.41) is 47.5. The van der Waals surface area contributed by atoms with Crippen molar-refractivity contribution in [3.05, 3.63) is 312 Å². The lowest BCUT2D eigenvalue weighted by Gasteiger charge is -2.19. The molecule has 6 aromatic heterocycles. The SMILES string of the molecule is CCCOc1ccc2oc3ccc(OCCN)cc3c(=O)c2c1.CCCOc1ccc2oc3ccc(OCCNC(=O)OC(C)(C)C)cc3c(=O)c2c1.Nc1ccc2oc3ccc(N)cc3c(=O)c2c1.O=c1c2cc(O)ccc2oc2ccc(O)cc12.O=c1c2cc([N+](=O)[O-])ccc2oc2ccc([N+](=O)[O-])cc12.O=c1c2ccccc2oc2ccccc12. The minimum absolute atomic E-state index is 0.00398. The number of benzene rings is 12. The highest BCUT2D eigenvalue weighted by Gasteiger charge is 2.20. The monoisotopic (exact) mass is 1660 g/mol. The summed E-state index contributed by atoms with van der Waals surface area (Å²) in [4.78, 5) is 106. The van der Waals surface area contributed by atoms with Crippen molar-refractivity contribution in [2.24, 2.45) is 5.73 Å². The van der Waals surface area contributed by atoms with Gasteiger partial charge >= 0.3 is 6.09 Å². The summed E-state index contributed by atoms with van der Waals surface area (Å²) in [5.41, 5.74) is 21.2. The molecule has 0 saturated heterocycles. The number of carbonyl (C=O) groups excluding carboxylic acids is 1. The maximum Gasteiger partial charge on any atom is 0.407 e. The fraction of sp³-hybridized carbons (Fsp3) is 0.151. The number of nitrogen functional groups attached to an aromatic ring is 2. The number of amides is 1. The van der Waals surface area contributed by atoms with E-state index < -0.39 is 27.0 Å². The number of ether oxygens (including phenoxy) is 5. The van der Waals surface area contributed by atoms with Crippen LogP contribution in [0.3, 0.4) is 0 Å². The first kappa shape index (κ1) is 84.8. The number of nitrogens with zero attached hydrogens (tertiary/aromatic N) is 2. The van der Waals surface area contributed by atoms with E-state index in [-0.39, 0.29) is 85.1 Å². The Morgan fingerprint density at radius 1 is 0.358 bits per heavy atom. The molecule has 0 aliphatic heterocycles. The van der Waals surface area contributed by atoms with Gasteiger partial charge in [-0.2, -0.15) is 0 Å². The summed E-state index contributed by atoms with van der Waals surface area (Å²) in [5.74, 6) is 2.43. The molecular formula is C93H78N6O24. The molecule has 12 aromatic carbocycles. The number of alkyl carbamates (subject to hydrolysis) is 1. The van der Waals surface area contributed by atoms with Crippen molar-refractivity contribution in [1.29, 1.82) is 0 Å². The number of phenols is 2. The Labute approximate surface area is 693 Å². The highest BCUT2D eigenvalue weighted by molar-refractivity contribution is 5.97. The molecule has 0 unspecified atom stereocenters. The summed E-state index contributed by atoms with van der Waals surface area (Å²) in [6.07, 6.45) is 1.29. The Balaban J connectivity index is 0.000000129. The fourth-order valence-corrected chi connectivity index (χ4v) is 12.8. The number of non-ortho nitro benzene ring substituents is 2. The first-order chi connectivity index (χ1) is 59.1. The van der Waals surface area contributed by atoms with E-state index in [1.807, 2.05) is 56.3 Å². The van der Waals surface area contributed by atoms with Gasteiger partial charge in [-0.3, -0.25) is 49.0 Å². The zero-order valence-corrected chi connectivity index (χ0v) is 66.6. The number of nitro groups is 2. The van der Waals surface area contributed by atoms with E-state index >= 15 is 0 Å². The number of nitro benzene ring substituents is 2. The minimum atomic E-state index is -0.628. The van der Waals surface area contributed by atoms with E-state index in [4.69, 9.17) is 67.4 Å². The van der Waals surface area contributed by atoms with Crippen molar-refractivity contribution in [1.82, 2.24) is 5.32 Å². The number of hydrogen-bond donors (Lipinski definition) is 6. The van der Waals surface area contributed by atoms with Gasteiger partial charge in [0.25, 0.3) is 11.4 Å². The number of para-hydroxylation sites is 2. The fourth-order valence-electron chi connectivity index (χ4n) is 12.8. The predicted molar refractivity (Wildman–Crippen MR) is 471 cm³/mol. The molecule has 123 heavy (non-hydrogen) atoms. The largest absolute Gasteiger partial charge is 0.508 e. The van der Waals surface area contributed by atoms with Crippen molar-refractivity contribution in [3.63, 3.8) is 0 Å². The summed E-state index contributed by atoms with van der Waals surface area (Å²) in [7, 11) is 0. The second-order valence-electron chi connectivity index (χ2n) is 28.6. The maximum atomic E-state index is 13.0. The standard InChI is InChI=1S/C23H27NO6.C18H19NO4.C13H6N2O6.C13H10N2O2.C13H8O4.C13H8O2/c1-5-11-27-15-6-8-19-17(13-15)21(25)18-14-16(7-9-20(18)29-19)28-12-10-24-22(26)30-23(2,3)4;1-2-8-21-12-3-5-16-14(10-12)18(20)15-11-13(22-9-7-19)4-6-17(15)23-16;16-13-9-5-7(14(17)18)1-3-11(9)21-12-4-2-8(15(19)20)6-10(12)13;2*14-7-1-3-11-9(5-7)13(16)10-6-8(15)2-4-12(10)17-11;14-13-9-5-1-3-7-11(9)15-12-8-4-2-6-10(12)13/h6-9,13-14H,5,10-12H2,1-4H3,(H,24,26);3-6,10-11H,2,7-9,19H2,1H3;1-6H;1-6H,14-15H2;1-6,14-15H;1-8H. The van der Waals surface area contributed by atoms with Gasteiger partial charge in [0, 0.05) is 42.2 Å². The van der Waals surface area contributed by atoms with Gasteiger partial charge in [0.2, 0.25) is 32.6 Å². The molecule has 0 aliphatic rings. The molecule has 18 aromatic rings. The summed E-state index contributed by atoms with van der Waals surface area (Å²) < 4.78 is 61.4. The number of nitrogens with two attached hydrogens (primary N) is 3. The minimum Gasteiger partial charge on any atom is -0.508 e. The number of anilines is 2. The molecule has 0 spiro atoms. The van der Waals surface area contributed by atoms with Crippen molar-refractivity contribution in [2.45, 2.75) is 53.1 Å². The van der Waals surface area contributed by atoms with Crippen LogP contribution in [0.15, 0.2) is 286 Å². The number of carbonyl (C=O) groups is 1. The van der Waals surface area contributed by atoms with Crippen LogP contribution < -0.4 is 74.0 Å². The Hall–Kier alpha value is -16.1. The van der Waals surface area contributed by atoms with E-state index in [1.54, 1.807) is 148 Å². The van der Waals surface area contributed by atoms with Crippen LogP contribution in [0.25, 0.3) is 132 Å². The van der Waals surface area contributed by atoms with Crippen LogP contribution in [0.5, 0.6) is 34.5 Å². The van der Waals surface area contributed by atoms with Gasteiger partial charge in [0.1, 0.15) is 120 Å². The van der Waals surface area contributed by atoms with Crippen LogP contribution in [-0.2, 0) is 4.74 Å². The highest BCUT2D eigenvalue weighted by atomic mass is 16.6. The van der Waals surface area contributed by atoms with Gasteiger partial charge < -0.3 is 82.9 Å². The Bertz CT molecular complexity index is 7050. The van der Waals surface area contributed by atoms with Crippen molar-refractivity contribution < 1.29 is 75.0 Å². The van der Waals surface area contributed by atoms with Crippen LogP contribution in [0.1, 0.15) is 47.5 Å². The lowest BCUT2D eigenvalue weighted by Crippen LogP contribution is -2.34. The third-order valence-electron chi connectivity index (χ3n) is 18.5. The van der Waals surface area contributed by atoms with E-state index in [0.717, 1.165) is 25.0 Å². The molecule has 30 nitrogen and oxygen atoms in total. The molecule has 0 radical (unpaired) electrons. The molecule has 624 valence electrons. The number of hydrogen-bond acceptors (Lipinski definition) is 27. The molecule has 0 saturated carbocycles. The van der Waals surface area contributed by atoms with Crippen LogP contribution in [-0.4, -0.2) is 71.3 Å². The zero-order chi connectivity index (χ0) is 87.3. The third kappa shape index (κ3) is 19.9. The smallest absolute Gasteiger partial charge is 0.407 e. The first-order valence-corrected chi connectivity index (χ1v) is 38.4. The molecule has 0 fully saturated rings. The average molecular weight is 1660 g/mol. The molecule has 6 heterocycles. The van der Waals surface area contributed by atoms with Crippen LogP contribution in [0, 0.1) is 20.2 Å². The Morgan fingerprint density at radius 3 is 0.951 bits per heavy atom. The van der Waals surface area contributed by atoms with Gasteiger partial charge in [-0.1, -0.05) is 38.1 Å². The maximum absolute atomic E-state index is 13.0. The molecule has 30 heteroatoms. The summed E-state index contributed by atoms with van der Waals surface area (Å²) in [6.45, 7) is 12.0. The van der Waals surface area contributed by atoms with Crippen molar-refractivity contribution >= 4 is 160 Å². The predicted octanol–water partition coefficient (Wildman–Crippen LogP) is 17.9. The topological polar surface area (TPSA) is 461 Å². The number of fused-ring (bicyclic) bond motifs is 12. The normalized spacial score (nSPS) is 11.1. The van der Waals surface area contributed by atoms with Gasteiger partial charge in [-0.25, -0.2) is 4.79 Å². The zero-order valence-electron chi connectivity index (χ0n) is 66.6. The van der Waals surface area contributed by atoms with Gasteiger partial charge in [-0.05, 0) is 216 Å². The number of nitrogens with one attached hydrogen (secondary N) is 1. The number of phenolic OH excluding ortho intramolecular Hbond substituents is 2. The van der Waals surface area contributed by atoms with Gasteiger partial charge in [0.15, 0.2) is 0 Å². The van der Waals surface area contributed by atoms with Crippen molar-refractivity contribution in [2.75, 3.05) is 51.0 Å². The second-order valence-corrected chi connectivity index (χ2v) is 28.6. The number of rotatable bonds is 15. The molecule has 1 amide bonds. The Morgan fingerprint density at radius 2 is 0.626 bits per heavy atom. The second kappa shape index (κ2) is 37.2. The van der Waals surface area contributed by atoms with Crippen LogP contribution in [0.2, 0.25) is 0 Å². The van der Waals surface area contributed by atoms with Gasteiger partial charge in [-0.15, -0.1) is 0 Å². The molecule has 9 N–H and O–H groups in total. The van der Waals surface area contributed by atoms with Crippen LogP contribution >= 0.6 is 0 Å². The summed E-state index contributed by atoms with van der Waals surface area (Å²) >= 11 is 0. The molecule has 0 aliphatic carbocycles. The lowest BCUT2D eigenvalue weighted by atomic mass is 10.1. The quantitative estimate of drug-likeness (QED) is 0.0182. The molecular weight excluding hydrogens is 1590 g/mol. The molecule has 0 bridgehead atoms. The van der Waals surface area contributed by atoms with E-state index in [2.05, 4.69) is 5.32 Å². The third-order valence-corrected chi connectivity index (χ3v) is 18.5. The van der Waals surface area contributed by atoms with Crippen LogP contribution in [0.4, 0.5) is 27.5 Å². The first-order valence-electron chi connectivity index (χ1n) is 38.4. The van der Waals surface area contributed by atoms with Crippen molar-refractivity contribution in [3.8, 4) is 34.5 Å². The molecule has 0 atom stereocenters. The van der Waals surface area contributed by atoms with E-state index in [0.29, 0.717) is 170 Å². The summed E-state index contributed by atoms with van der Waals surface area (Å²) in [6, 6.07) is 61.4. The highest BCUT2D eigenvalue weighted by Crippen LogP contribution is 2.32. The number of aromatic hydroxyl groups is 2. The van der Waals surface area contributed by atoms with E-state index in [1.165, 1.54) is 48.5 Å². The molecule has 18 rings (SSSR count). The van der Waals surface area contributed by atoms with Gasteiger partial charge in [0.05, 0.1) is 94.2 Å².